The number of pyridine rings is 1. The Hall–Kier alpha value is -3.42. The largest absolute Gasteiger partial charge is 0.416 e. The highest BCUT2D eigenvalue weighted by Crippen LogP contribution is 2.39. The Morgan fingerprint density at radius 1 is 1.12 bits per heavy atom. The van der Waals surface area contributed by atoms with Crippen molar-refractivity contribution < 1.29 is 18.0 Å². The average molecular weight is 452 g/mol. The SMILES string of the molecule is CN(C(=O)c1ccc(C2CC2)nc1)C1(C)C=Cn2ncc(-c3ccc(C(F)(F)F)cc3)c2C1. The second kappa shape index (κ2) is 7.57. The molecule has 8 heteroatoms. The fraction of sp³-hybridized carbons (Fsp3) is 0.320. The van der Waals surface area contributed by atoms with E-state index < -0.39 is 17.3 Å². The van der Waals surface area contributed by atoms with Crippen molar-refractivity contribution >= 4 is 12.1 Å². The molecule has 0 bridgehead atoms. The van der Waals surface area contributed by atoms with Crippen LogP contribution < -0.4 is 0 Å². The van der Waals surface area contributed by atoms with Gasteiger partial charge in [-0.2, -0.15) is 18.3 Å². The van der Waals surface area contributed by atoms with Gasteiger partial charge in [0.1, 0.15) is 0 Å². The number of alkyl halides is 3. The first-order valence-corrected chi connectivity index (χ1v) is 10.8. The second-order valence-electron chi connectivity index (χ2n) is 8.98. The van der Waals surface area contributed by atoms with Crippen LogP contribution in [0.15, 0.2) is 54.9 Å². The normalized spacial score (nSPS) is 19.9. The Balaban J connectivity index is 1.39. The zero-order valence-corrected chi connectivity index (χ0v) is 18.3. The molecule has 2 aromatic heterocycles. The van der Waals surface area contributed by atoms with Crippen LogP contribution in [0.2, 0.25) is 0 Å². The van der Waals surface area contributed by atoms with E-state index in [0.717, 1.165) is 41.9 Å². The minimum absolute atomic E-state index is 0.138. The number of benzene rings is 1. The van der Waals surface area contributed by atoms with Crippen LogP contribution in [0.3, 0.4) is 0 Å². The van der Waals surface area contributed by atoms with Crippen molar-refractivity contribution in [1.29, 1.82) is 0 Å². The van der Waals surface area contributed by atoms with Gasteiger partial charge in [0.2, 0.25) is 0 Å². The van der Waals surface area contributed by atoms with Crippen LogP contribution in [0.25, 0.3) is 17.3 Å². The van der Waals surface area contributed by atoms with E-state index in [0.29, 0.717) is 23.5 Å². The summed E-state index contributed by atoms with van der Waals surface area (Å²) in [4.78, 5) is 19.3. The van der Waals surface area contributed by atoms with Crippen molar-refractivity contribution in [3.05, 3.63) is 77.4 Å². The highest BCUT2D eigenvalue weighted by Gasteiger charge is 2.36. The molecule has 1 fully saturated rings. The molecule has 3 aromatic rings. The quantitative estimate of drug-likeness (QED) is 0.533. The highest BCUT2D eigenvalue weighted by molar-refractivity contribution is 5.94. The Kier molecular flexibility index (Phi) is 4.92. The number of hydrogen-bond donors (Lipinski definition) is 0. The van der Waals surface area contributed by atoms with Gasteiger partial charge >= 0.3 is 6.18 Å². The second-order valence-corrected chi connectivity index (χ2v) is 8.98. The fourth-order valence-corrected chi connectivity index (χ4v) is 4.21. The zero-order valence-electron chi connectivity index (χ0n) is 18.3. The lowest BCUT2D eigenvalue weighted by Gasteiger charge is -2.38. The third-order valence-electron chi connectivity index (χ3n) is 6.62. The smallest absolute Gasteiger partial charge is 0.332 e. The number of amides is 1. The molecular formula is C25H23F3N4O. The third-order valence-corrected chi connectivity index (χ3v) is 6.62. The van der Waals surface area contributed by atoms with Crippen LogP contribution in [0.1, 0.15) is 53.0 Å². The molecule has 0 N–H and O–H groups in total. The van der Waals surface area contributed by atoms with Gasteiger partial charge in [-0.15, -0.1) is 0 Å². The molecule has 3 heterocycles. The predicted molar refractivity (Wildman–Crippen MR) is 118 cm³/mol. The molecule has 1 amide bonds. The van der Waals surface area contributed by atoms with Crippen molar-refractivity contribution in [2.75, 3.05) is 7.05 Å². The zero-order chi connectivity index (χ0) is 23.4. The summed E-state index contributed by atoms with van der Waals surface area (Å²) in [7, 11) is 1.76. The molecule has 33 heavy (non-hydrogen) atoms. The van der Waals surface area contributed by atoms with Crippen molar-refractivity contribution in [2.24, 2.45) is 0 Å². The monoisotopic (exact) mass is 452 g/mol. The van der Waals surface area contributed by atoms with Crippen molar-refractivity contribution in [3.63, 3.8) is 0 Å². The van der Waals surface area contributed by atoms with Gasteiger partial charge in [0.25, 0.3) is 5.91 Å². The van der Waals surface area contributed by atoms with E-state index in [-0.39, 0.29) is 5.91 Å². The summed E-state index contributed by atoms with van der Waals surface area (Å²) in [5.41, 5.74) is 2.46. The lowest BCUT2D eigenvalue weighted by molar-refractivity contribution is -0.137. The summed E-state index contributed by atoms with van der Waals surface area (Å²) >= 11 is 0. The van der Waals surface area contributed by atoms with Crippen LogP contribution in [0.4, 0.5) is 13.2 Å². The number of rotatable bonds is 4. The Bertz CT molecular complexity index is 1220. The Morgan fingerprint density at radius 2 is 1.85 bits per heavy atom. The van der Waals surface area contributed by atoms with Gasteiger partial charge in [-0.05, 0) is 55.7 Å². The molecule has 0 radical (unpaired) electrons. The standard InChI is InChI=1S/C25H23F3N4O/c1-24(31(2)23(33)18-7-10-21(29-14-18)17-3-4-17)11-12-32-22(13-24)20(15-30-32)16-5-8-19(9-6-16)25(26,27)28/h5-12,14-15,17H,3-4,13H2,1-2H3. The molecule has 0 spiro atoms. The van der Waals surface area contributed by atoms with E-state index in [4.69, 9.17) is 0 Å². The summed E-state index contributed by atoms with van der Waals surface area (Å²) in [5, 5.41) is 4.36. The van der Waals surface area contributed by atoms with Crippen LogP contribution >= 0.6 is 0 Å². The van der Waals surface area contributed by atoms with E-state index in [2.05, 4.69) is 10.1 Å². The van der Waals surface area contributed by atoms with Gasteiger partial charge in [0, 0.05) is 43.0 Å². The molecule has 1 saturated carbocycles. The van der Waals surface area contributed by atoms with Gasteiger partial charge in [-0.3, -0.25) is 9.78 Å². The Labute approximate surface area is 189 Å². The fourth-order valence-electron chi connectivity index (χ4n) is 4.21. The van der Waals surface area contributed by atoms with Gasteiger partial charge in [-0.25, -0.2) is 4.68 Å². The maximum Gasteiger partial charge on any atom is 0.416 e. The van der Waals surface area contributed by atoms with Crippen LogP contribution in [-0.4, -0.2) is 38.2 Å². The molecule has 1 aromatic carbocycles. The molecule has 1 aliphatic carbocycles. The molecule has 1 atom stereocenters. The summed E-state index contributed by atoms with van der Waals surface area (Å²) in [6.07, 6.45) is 5.40. The van der Waals surface area contributed by atoms with Crippen LogP contribution in [-0.2, 0) is 12.6 Å². The topological polar surface area (TPSA) is 51.0 Å². The molecule has 0 saturated heterocycles. The molecule has 170 valence electrons. The molecule has 1 aliphatic heterocycles. The number of fused-ring (bicyclic) bond motifs is 1. The van der Waals surface area contributed by atoms with Crippen molar-refractivity contribution in [1.82, 2.24) is 19.7 Å². The van der Waals surface area contributed by atoms with E-state index in [1.807, 2.05) is 25.1 Å². The van der Waals surface area contributed by atoms with Gasteiger partial charge < -0.3 is 4.90 Å². The van der Waals surface area contributed by atoms with Gasteiger partial charge in [-0.1, -0.05) is 12.1 Å². The number of halogens is 3. The number of hydrogen-bond acceptors (Lipinski definition) is 3. The maximum atomic E-state index is 13.2. The van der Waals surface area contributed by atoms with E-state index in [1.165, 1.54) is 12.1 Å². The number of nitrogens with zero attached hydrogens (tertiary/aromatic N) is 4. The maximum absolute atomic E-state index is 13.2. The van der Waals surface area contributed by atoms with Gasteiger partial charge in [0.05, 0.1) is 28.6 Å². The number of likely N-dealkylation sites (N-methyl/N-ethyl adjacent to an activating group) is 1. The highest BCUT2D eigenvalue weighted by atomic mass is 19.4. The first-order chi connectivity index (χ1) is 15.7. The van der Waals surface area contributed by atoms with Crippen molar-refractivity contribution in [2.45, 2.75) is 43.8 Å². The minimum Gasteiger partial charge on any atom is -0.332 e. The summed E-state index contributed by atoms with van der Waals surface area (Å²) in [6.45, 7) is 1.96. The van der Waals surface area contributed by atoms with E-state index in [1.54, 1.807) is 35.2 Å². The van der Waals surface area contributed by atoms with E-state index in [9.17, 15) is 18.0 Å². The number of carbonyl (C=O) groups is 1. The van der Waals surface area contributed by atoms with Crippen LogP contribution in [0, 0.1) is 0 Å². The average Bonchev–Trinajstić information content (AvgIpc) is 3.57. The summed E-state index contributed by atoms with van der Waals surface area (Å²) < 4.78 is 40.5. The molecular weight excluding hydrogens is 429 g/mol. The Morgan fingerprint density at radius 3 is 2.45 bits per heavy atom. The number of carbonyl (C=O) groups excluding carboxylic acids is 1. The minimum atomic E-state index is -4.38. The lowest BCUT2D eigenvalue weighted by Crippen LogP contribution is -2.49. The third kappa shape index (κ3) is 3.94. The van der Waals surface area contributed by atoms with Crippen LogP contribution in [0.5, 0.6) is 0 Å². The first kappa shape index (κ1) is 21.4. The van der Waals surface area contributed by atoms with Crippen molar-refractivity contribution in [3.8, 4) is 11.1 Å². The van der Waals surface area contributed by atoms with E-state index >= 15 is 0 Å². The first-order valence-electron chi connectivity index (χ1n) is 10.8. The molecule has 2 aliphatic rings. The predicted octanol–water partition coefficient (Wildman–Crippen LogP) is 5.40. The number of aromatic nitrogens is 3. The molecule has 5 nitrogen and oxygen atoms in total. The molecule has 5 rings (SSSR count). The molecule has 1 unspecified atom stereocenters. The summed E-state index contributed by atoms with van der Waals surface area (Å²) in [5.74, 6) is 0.385. The van der Waals surface area contributed by atoms with Gasteiger partial charge in [0.15, 0.2) is 0 Å². The lowest BCUT2D eigenvalue weighted by atomic mass is 9.88. The summed E-state index contributed by atoms with van der Waals surface area (Å²) in [6, 6.07) is 8.82.